The van der Waals surface area contributed by atoms with E-state index < -0.39 is 11.9 Å². The van der Waals surface area contributed by atoms with Crippen molar-refractivity contribution >= 4 is 28.8 Å². The number of rotatable bonds is 3. The van der Waals surface area contributed by atoms with E-state index in [2.05, 4.69) is 17.2 Å². The molecule has 6 heteroatoms. The van der Waals surface area contributed by atoms with Gasteiger partial charge in [0, 0.05) is 5.25 Å². The molecule has 1 aliphatic heterocycles. The fourth-order valence-electron chi connectivity index (χ4n) is 1.73. The molecule has 0 saturated heterocycles. The summed E-state index contributed by atoms with van der Waals surface area (Å²) in [5.74, 6) is -1.54. The van der Waals surface area contributed by atoms with E-state index in [1.807, 2.05) is 0 Å². The maximum Gasteiger partial charge on any atom is 0.336 e. The molecule has 2 N–H and O–H groups in total. The molecule has 2 rings (SSSR count). The summed E-state index contributed by atoms with van der Waals surface area (Å²) < 4.78 is 0. The van der Waals surface area contributed by atoms with Gasteiger partial charge in [-0.1, -0.05) is 30.8 Å². The number of carboxylic acid groups (broad SMARTS) is 1. The van der Waals surface area contributed by atoms with E-state index in [4.69, 9.17) is 5.11 Å². The predicted octanol–water partition coefficient (Wildman–Crippen LogP) is 2.00. The molecule has 5 nitrogen and oxygen atoms in total. The Morgan fingerprint density at radius 2 is 2.11 bits per heavy atom. The minimum atomic E-state index is -1.11. The van der Waals surface area contributed by atoms with Gasteiger partial charge in [-0.2, -0.15) is 0 Å². The third-order valence-corrected chi connectivity index (χ3v) is 4.06. The van der Waals surface area contributed by atoms with Crippen molar-refractivity contribution in [3.63, 3.8) is 0 Å². The first-order valence-corrected chi connectivity index (χ1v) is 6.84. The second-order valence-corrected chi connectivity index (χ2v) is 5.39. The monoisotopic (exact) mass is 278 g/mol. The van der Waals surface area contributed by atoms with Crippen molar-refractivity contribution in [2.45, 2.75) is 18.6 Å². The van der Waals surface area contributed by atoms with Crippen LogP contribution in [0.3, 0.4) is 0 Å². The third-order valence-electron chi connectivity index (χ3n) is 2.79. The summed E-state index contributed by atoms with van der Waals surface area (Å²) in [4.78, 5) is 27.3. The molecule has 1 unspecified atom stereocenters. The molecule has 19 heavy (non-hydrogen) atoms. The quantitative estimate of drug-likeness (QED) is 0.886. The van der Waals surface area contributed by atoms with E-state index in [1.165, 1.54) is 23.9 Å². The molecule has 0 saturated carbocycles. The Kier molecular flexibility index (Phi) is 4.21. The molecule has 0 aliphatic carbocycles. The lowest BCUT2D eigenvalue weighted by molar-refractivity contribution is 0.0691. The number of hydrogen-bond acceptors (Lipinski definition) is 4. The highest BCUT2D eigenvalue weighted by Gasteiger charge is 2.22. The van der Waals surface area contributed by atoms with Crippen molar-refractivity contribution in [3.8, 4) is 0 Å². The number of nitrogens with one attached hydrogen (secondary N) is 1. The Hall–Kier alpha value is -1.82. The van der Waals surface area contributed by atoms with Crippen LogP contribution in [0.1, 0.15) is 34.1 Å². The number of aliphatic imine (C=N–C) groups is 1. The second kappa shape index (κ2) is 5.88. The summed E-state index contributed by atoms with van der Waals surface area (Å²) >= 11 is 1.52. The van der Waals surface area contributed by atoms with Crippen molar-refractivity contribution in [2.24, 2.45) is 4.99 Å². The fourth-order valence-corrected chi connectivity index (χ4v) is 2.66. The number of nitrogens with zero attached hydrogens (tertiary/aromatic N) is 1. The molecule has 1 atom stereocenters. The Labute approximate surface area is 115 Å². The van der Waals surface area contributed by atoms with E-state index in [9.17, 15) is 9.59 Å². The van der Waals surface area contributed by atoms with Crippen LogP contribution in [-0.2, 0) is 0 Å². The molecule has 1 aromatic rings. The van der Waals surface area contributed by atoms with E-state index in [1.54, 1.807) is 12.1 Å². The zero-order chi connectivity index (χ0) is 13.8. The van der Waals surface area contributed by atoms with Gasteiger partial charge in [0.1, 0.15) is 0 Å². The van der Waals surface area contributed by atoms with E-state index in [-0.39, 0.29) is 11.1 Å². The van der Waals surface area contributed by atoms with Gasteiger partial charge in [-0.15, -0.1) is 0 Å². The lowest BCUT2D eigenvalue weighted by Crippen LogP contribution is -2.29. The first kappa shape index (κ1) is 13.6. The minimum Gasteiger partial charge on any atom is -0.478 e. The smallest absolute Gasteiger partial charge is 0.336 e. The van der Waals surface area contributed by atoms with Gasteiger partial charge in [-0.05, 0) is 18.6 Å². The molecular weight excluding hydrogens is 264 g/mol. The van der Waals surface area contributed by atoms with Crippen molar-refractivity contribution in [1.29, 1.82) is 0 Å². The van der Waals surface area contributed by atoms with Crippen molar-refractivity contribution in [1.82, 2.24) is 5.32 Å². The number of benzene rings is 1. The molecule has 1 heterocycles. The average Bonchev–Trinajstić information content (AvgIpc) is 2.86. The maximum absolute atomic E-state index is 12.1. The lowest BCUT2D eigenvalue weighted by Gasteiger charge is -2.07. The summed E-state index contributed by atoms with van der Waals surface area (Å²) in [6, 6.07) is 6.14. The predicted molar refractivity (Wildman–Crippen MR) is 74.8 cm³/mol. The summed E-state index contributed by atoms with van der Waals surface area (Å²) in [5, 5.41) is 12.7. The number of hydrogen-bond donors (Lipinski definition) is 2. The highest BCUT2D eigenvalue weighted by atomic mass is 32.2. The van der Waals surface area contributed by atoms with Gasteiger partial charge >= 0.3 is 5.97 Å². The standard InChI is InChI=1S/C13H14N2O3S/c1-2-8-7-14-13(19-8)15-11(16)9-5-3-4-6-10(9)12(17)18/h3-6,8H,2,7H2,1H3,(H,17,18)(H,14,15,16). The molecule has 0 fully saturated rings. The van der Waals surface area contributed by atoms with Crippen molar-refractivity contribution in [3.05, 3.63) is 35.4 Å². The second-order valence-electron chi connectivity index (χ2n) is 4.10. The number of carboxylic acids is 1. The van der Waals surface area contributed by atoms with Crippen molar-refractivity contribution < 1.29 is 14.7 Å². The van der Waals surface area contributed by atoms with Crippen LogP contribution in [-0.4, -0.2) is 33.9 Å². The zero-order valence-electron chi connectivity index (χ0n) is 10.4. The molecule has 100 valence electrons. The summed E-state index contributed by atoms with van der Waals surface area (Å²) in [5.41, 5.74) is 0.147. The number of carbonyl (C=O) groups excluding carboxylic acids is 1. The number of carbonyl (C=O) groups is 2. The van der Waals surface area contributed by atoms with Gasteiger partial charge in [0.25, 0.3) is 5.91 Å². The molecule has 0 spiro atoms. The SMILES string of the molecule is CCC1CN=C(NC(=O)c2ccccc2C(=O)O)S1. The first-order chi connectivity index (χ1) is 9.11. The molecule has 1 aliphatic rings. The lowest BCUT2D eigenvalue weighted by atomic mass is 10.1. The number of thioether (sulfide) groups is 1. The topological polar surface area (TPSA) is 78.8 Å². The van der Waals surface area contributed by atoms with Crippen molar-refractivity contribution in [2.75, 3.05) is 6.54 Å². The van der Waals surface area contributed by atoms with E-state index in [0.717, 1.165) is 6.42 Å². The number of amides is 1. The molecule has 0 bridgehead atoms. The van der Waals surface area contributed by atoms with Gasteiger partial charge in [-0.3, -0.25) is 9.79 Å². The van der Waals surface area contributed by atoms with Crippen LogP contribution < -0.4 is 5.32 Å². The van der Waals surface area contributed by atoms with Gasteiger partial charge in [0.15, 0.2) is 5.17 Å². The normalized spacial score (nSPS) is 17.9. The van der Waals surface area contributed by atoms with Crippen LogP contribution >= 0.6 is 11.8 Å². The maximum atomic E-state index is 12.1. The Morgan fingerprint density at radius 1 is 1.42 bits per heavy atom. The Morgan fingerprint density at radius 3 is 2.68 bits per heavy atom. The number of amidine groups is 1. The Balaban J connectivity index is 2.11. The summed E-state index contributed by atoms with van der Waals surface area (Å²) in [6.07, 6.45) is 0.985. The van der Waals surface area contributed by atoms with Gasteiger partial charge in [-0.25, -0.2) is 4.79 Å². The zero-order valence-corrected chi connectivity index (χ0v) is 11.2. The van der Waals surface area contributed by atoms with Crippen LogP contribution in [0, 0.1) is 0 Å². The third kappa shape index (κ3) is 3.14. The summed E-state index contributed by atoms with van der Waals surface area (Å²) in [6.45, 7) is 2.76. The molecule has 0 aromatic heterocycles. The van der Waals surface area contributed by atoms with Crippen LogP contribution in [0.25, 0.3) is 0 Å². The van der Waals surface area contributed by atoms with Gasteiger partial charge < -0.3 is 10.4 Å². The molecule has 1 aromatic carbocycles. The highest BCUT2D eigenvalue weighted by molar-refractivity contribution is 8.14. The first-order valence-electron chi connectivity index (χ1n) is 5.96. The number of aromatic carboxylic acids is 1. The van der Waals surface area contributed by atoms with Crippen LogP contribution in [0.4, 0.5) is 0 Å². The van der Waals surface area contributed by atoms with Crippen LogP contribution in [0.2, 0.25) is 0 Å². The minimum absolute atomic E-state index is 0.00404. The van der Waals surface area contributed by atoms with E-state index in [0.29, 0.717) is 17.0 Å². The van der Waals surface area contributed by atoms with Crippen LogP contribution in [0.5, 0.6) is 0 Å². The summed E-state index contributed by atoms with van der Waals surface area (Å²) in [7, 11) is 0. The fraction of sp³-hybridized carbons (Fsp3) is 0.308. The molecule has 0 radical (unpaired) electrons. The van der Waals surface area contributed by atoms with Gasteiger partial charge in [0.2, 0.25) is 0 Å². The Bertz CT molecular complexity index is 542. The van der Waals surface area contributed by atoms with E-state index >= 15 is 0 Å². The molecule has 1 amide bonds. The van der Waals surface area contributed by atoms with Gasteiger partial charge in [0.05, 0.1) is 17.7 Å². The molecular formula is C13H14N2O3S. The highest BCUT2D eigenvalue weighted by Crippen LogP contribution is 2.22. The largest absolute Gasteiger partial charge is 0.478 e. The average molecular weight is 278 g/mol. The van der Waals surface area contributed by atoms with Crippen LogP contribution in [0.15, 0.2) is 29.3 Å².